The minimum atomic E-state index is -4.59. The summed E-state index contributed by atoms with van der Waals surface area (Å²) in [5, 5.41) is 3.84. The number of Topliss-reactive ketones (excluding diaryl/α,β-unsaturated/α-hetero) is 1. The monoisotopic (exact) mass is 384 g/mol. The van der Waals surface area contributed by atoms with Gasteiger partial charge in [-0.3, -0.25) is 9.59 Å². The van der Waals surface area contributed by atoms with Crippen molar-refractivity contribution >= 4 is 11.8 Å². The molecule has 0 aliphatic heterocycles. The summed E-state index contributed by atoms with van der Waals surface area (Å²) in [6.45, 7) is 1.10. The van der Waals surface area contributed by atoms with Gasteiger partial charge in [-0.15, -0.1) is 0 Å². The van der Waals surface area contributed by atoms with Gasteiger partial charge in [0, 0.05) is 6.92 Å². The molecule has 1 heterocycles. The topological polar surface area (TPSA) is 87.5 Å². The maximum Gasteiger partial charge on any atom is 0.422 e. The first kappa shape index (κ1) is 20.1. The summed E-state index contributed by atoms with van der Waals surface area (Å²) in [7, 11) is 0. The van der Waals surface area contributed by atoms with E-state index in [2.05, 4.69) is 5.10 Å². The first-order valence-electron chi connectivity index (χ1n) is 7.75. The highest BCUT2D eigenvalue weighted by atomic mass is 19.4. The summed E-state index contributed by atoms with van der Waals surface area (Å²) in [5.74, 6) is -1.82. The fourth-order valence-corrected chi connectivity index (χ4v) is 2.10. The molecule has 10 heteroatoms. The first-order chi connectivity index (χ1) is 12.6. The van der Waals surface area contributed by atoms with Crippen LogP contribution >= 0.6 is 0 Å². The lowest BCUT2D eigenvalue weighted by molar-refractivity contribution is -0.153. The van der Waals surface area contributed by atoms with Gasteiger partial charge < -0.3 is 9.47 Å². The molecular formula is C17H15F3N2O5. The maximum absolute atomic E-state index is 12.6. The zero-order chi connectivity index (χ0) is 20.2. The van der Waals surface area contributed by atoms with E-state index in [0.717, 1.165) is 13.0 Å². The van der Waals surface area contributed by atoms with Crippen LogP contribution in [0.1, 0.15) is 34.7 Å². The highest BCUT2D eigenvalue weighted by Gasteiger charge is 2.29. The number of carbonyl (C=O) groups excluding carboxylic acids is 2. The number of hydrogen-bond acceptors (Lipinski definition) is 6. The Morgan fingerprint density at radius 2 is 1.89 bits per heavy atom. The van der Waals surface area contributed by atoms with Gasteiger partial charge in [-0.05, 0) is 25.1 Å². The van der Waals surface area contributed by atoms with Gasteiger partial charge in [0.05, 0.1) is 6.61 Å². The van der Waals surface area contributed by atoms with Gasteiger partial charge in [-0.1, -0.05) is 12.1 Å². The molecule has 0 radical (unpaired) electrons. The smallest absolute Gasteiger partial charge is 0.422 e. The van der Waals surface area contributed by atoms with Crippen molar-refractivity contribution in [3.8, 4) is 11.4 Å². The summed E-state index contributed by atoms with van der Waals surface area (Å²) in [4.78, 5) is 36.3. The number of rotatable bonds is 6. The van der Waals surface area contributed by atoms with Crippen LogP contribution < -0.4 is 10.3 Å². The SMILES string of the molecule is CCOC(=O)c1cc(C(C)=O)nn(-c2ccccc2OCC(F)(F)F)c1=O. The van der Waals surface area contributed by atoms with Crippen molar-refractivity contribution in [3.05, 3.63) is 51.9 Å². The Labute approximate surface area is 151 Å². The van der Waals surface area contributed by atoms with Crippen LogP contribution in [-0.2, 0) is 4.74 Å². The van der Waals surface area contributed by atoms with E-state index in [1.165, 1.54) is 31.2 Å². The molecule has 1 aromatic heterocycles. The van der Waals surface area contributed by atoms with Gasteiger partial charge in [0.25, 0.3) is 5.56 Å². The fourth-order valence-electron chi connectivity index (χ4n) is 2.10. The second-order valence-electron chi connectivity index (χ2n) is 5.31. The summed E-state index contributed by atoms with van der Waals surface area (Å²) >= 11 is 0. The van der Waals surface area contributed by atoms with Crippen molar-refractivity contribution < 1.29 is 32.2 Å². The van der Waals surface area contributed by atoms with Gasteiger partial charge in [-0.2, -0.15) is 23.0 Å². The van der Waals surface area contributed by atoms with E-state index in [1.54, 1.807) is 0 Å². The van der Waals surface area contributed by atoms with Crippen molar-refractivity contribution in [2.24, 2.45) is 0 Å². The lowest BCUT2D eigenvalue weighted by Gasteiger charge is -2.14. The molecule has 2 aromatic rings. The Morgan fingerprint density at radius 1 is 1.22 bits per heavy atom. The molecule has 0 fully saturated rings. The molecule has 2 rings (SSSR count). The molecule has 0 bridgehead atoms. The van der Waals surface area contributed by atoms with Crippen molar-refractivity contribution in [2.45, 2.75) is 20.0 Å². The van der Waals surface area contributed by atoms with E-state index >= 15 is 0 Å². The molecule has 0 atom stereocenters. The van der Waals surface area contributed by atoms with Gasteiger partial charge in [0.1, 0.15) is 22.7 Å². The zero-order valence-corrected chi connectivity index (χ0v) is 14.4. The number of para-hydroxylation sites is 2. The Kier molecular flexibility index (Phi) is 5.98. The Balaban J connectivity index is 2.63. The van der Waals surface area contributed by atoms with Gasteiger partial charge >= 0.3 is 12.1 Å². The van der Waals surface area contributed by atoms with Crippen LogP contribution in [0.4, 0.5) is 13.2 Å². The predicted molar refractivity (Wildman–Crippen MR) is 87.3 cm³/mol. The molecule has 7 nitrogen and oxygen atoms in total. The molecule has 0 aliphatic rings. The Morgan fingerprint density at radius 3 is 2.48 bits per heavy atom. The predicted octanol–water partition coefficient (Wildman–Crippen LogP) is 2.55. The molecule has 0 N–H and O–H groups in total. The van der Waals surface area contributed by atoms with Gasteiger partial charge in [0.2, 0.25) is 0 Å². The Hall–Kier alpha value is -3.17. The van der Waals surface area contributed by atoms with Crippen molar-refractivity contribution in [1.29, 1.82) is 0 Å². The summed E-state index contributed by atoms with van der Waals surface area (Å²) in [6, 6.07) is 6.31. The molecule has 0 spiro atoms. The number of alkyl halides is 3. The molecule has 0 unspecified atom stereocenters. The molecule has 0 aliphatic carbocycles. The van der Waals surface area contributed by atoms with E-state index < -0.39 is 35.7 Å². The summed E-state index contributed by atoms with van der Waals surface area (Å²) < 4.78 is 47.6. The maximum atomic E-state index is 12.6. The standard InChI is InChI=1S/C17H15F3N2O5/c1-3-26-16(25)11-8-12(10(2)23)21-22(15(11)24)13-6-4-5-7-14(13)27-9-17(18,19)20/h4-8H,3,9H2,1-2H3. The number of hydrogen-bond donors (Lipinski definition) is 0. The average Bonchev–Trinajstić information content (AvgIpc) is 2.60. The molecule has 27 heavy (non-hydrogen) atoms. The lowest BCUT2D eigenvalue weighted by Crippen LogP contribution is -2.30. The Bertz CT molecular complexity index is 922. The van der Waals surface area contributed by atoms with Crippen LogP contribution in [0.3, 0.4) is 0 Å². The second kappa shape index (κ2) is 8.02. The highest BCUT2D eigenvalue weighted by molar-refractivity contribution is 5.96. The fraction of sp³-hybridized carbons (Fsp3) is 0.294. The van der Waals surface area contributed by atoms with Crippen molar-refractivity contribution in [2.75, 3.05) is 13.2 Å². The van der Waals surface area contributed by atoms with E-state index in [1.807, 2.05) is 0 Å². The number of halogens is 3. The second-order valence-corrected chi connectivity index (χ2v) is 5.31. The lowest BCUT2D eigenvalue weighted by atomic mass is 10.2. The van der Waals surface area contributed by atoms with Crippen molar-refractivity contribution in [1.82, 2.24) is 9.78 Å². The molecule has 1 aromatic carbocycles. The number of esters is 1. The van der Waals surface area contributed by atoms with Crippen LogP contribution in [0.25, 0.3) is 5.69 Å². The third-order valence-corrected chi connectivity index (χ3v) is 3.25. The quantitative estimate of drug-likeness (QED) is 0.562. The number of nitrogens with zero attached hydrogens (tertiary/aromatic N) is 2. The largest absolute Gasteiger partial charge is 0.482 e. The minimum Gasteiger partial charge on any atom is -0.482 e. The van der Waals surface area contributed by atoms with Crippen LogP contribution in [-0.4, -0.2) is 40.9 Å². The molecule has 0 amide bonds. The molecule has 144 valence electrons. The van der Waals surface area contributed by atoms with Crippen molar-refractivity contribution in [3.63, 3.8) is 0 Å². The number of benzene rings is 1. The van der Waals surface area contributed by atoms with Crippen LogP contribution in [0.15, 0.2) is 35.1 Å². The molecule has 0 saturated heterocycles. The van der Waals surface area contributed by atoms with Gasteiger partial charge in [0.15, 0.2) is 12.4 Å². The summed E-state index contributed by atoms with van der Waals surface area (Å²) in [6.07, 6.45) is -4.59. The number of aromatic nitrogens is 2. The normalized spacial score (nSPS) is 11.1. The van der Waals surface area contributed by atoms with Gasteiger partial charge in [-0.25, -0.2) is 4.79 Å². The van der Waals surface area contributed by atoms with Crippen LogP contribution in [0.2, 0.25) is 0 Å². The third kappa shape index (κ3) is 4.93. The van der Waals surface area contributed by atoms with E-state index in [0.29, 0.717) is 4.68 Å². The average molecular weight is 384 g/mol. The van der Waals surface area contributed by atoms with Crippen LogP contribution in [0, 0.1) is 0 Å². The third-order valence-electron chi connectivity index (χ3n) is 3.25. The van der Waals surface area contributed by atoms with E-state index in [-0.39, 0.29) is 23.7 Å². The van der Waals surface area contributed by atoms with E-state index in [4.69, 9.17) is 9.47 Å². The molecule has 0 saturated carbocycles. The summed E-state index contributed by atoms with van der Waals surface area (Å²) in [5.41, 5.74) is -1.81. The first-order valence-corrected chi connectivity index (χ1v) is 7.75. The minimum absolute atomic E-state index is 0.0126. The zero-order valence-electron chi connectivity index (χ0n) is 14.4. The number of carbonyl (C=O) groups is 2. The van der Waals surface area contributed by atoms with E-state index in [9.17, 15) is 27.6 Å². The highest BCUT2D eigenvalue weighted by Crippen LogP contribution is 2.24. The number of ketones is 1. The molecular weight excluding hydrogens is 369 g/mol. The number of ether oxygens (including phenoxy) is 2. The van der Waals surface area contributed by atoms with Crippen LogP contribution in [0.5, 0.6) is 5.75 Å².